The highest BCUT2D eigenvalue weighted by Crippen LogP contribution is 2.24. The van der Waals surface area contributed by atoms with E-state index in [0.717, 1.165) is 22.3 Å². The number of carbonyl (C=O) groups excluding carboxylic acids is 1. The fourth-order valence-corrected chi connectivity index (χ4v) is 2.80. The summed E-state index contributed by atoms with van der Waals surface area (Å²) in [6.07, 6.45) is 3.68. The summed E-state index contributed by atoms with van der Waals surface area (Å²) in [5.41, 5.74) is 3.17. The molecule has 3 aromatic rings. The maximum Gasteiger partial charge on any atom is 0.227 e. The number of amides is 1. The van der Waals surface area contributed by atoms with E-state index in [9.17, 15) is 9.18 Å². The number of carbonyl (C=O) groups is 1. The van der Waals surface area contributed by atoms with Gasteiger partial charge >= 0.3 is 0 Å². The lowest BCUT2D eigenvalue weighted by Gasteiger charge is -2.16. The molecule has 0 bridgehead atoms. The number of fused-ring (bicyclic) bond motifs is 1. The van der Waals surface area contributed by atoms with Crippen LogP contribution in [0.5, 0.6) is 0 Å². The summed E-state index contributed by atoms with van der Waals surface area (Å²) in [7, 11) is 3.54. The number of imidazole rings is 1. The van der Waals surface area contributed by atoms with Crippen LogP contribution in [0.2, 0.25) is 0 Å². The number of aryl methyl sites for hydroxylation is 2. The van der Waals surface area contributed by atoms with Crippen LogP contribution < -0.4 is 0 Å². The molecule has 1 aromatic carbocycles. The minimum atomic E-state index is -0.274. The Morgan fingerprint density at radius 3 is 2.91 bits per heavy atom. The van der Waals surface area contributed by atoms with Gasteiger partial charge < -0.3 is 14.5 Å². The van der Waals surface area contributed by atoms with Crippen molar-refractivity contribution < 1.29 is 9.18 Å². The number of H-pyrrole nitrogens is 1. The van der Waals surface area contributed by atoms with E-state index in [1.165, 1.54) is 6.07 Å². The fourth-order valence-electron chi connectivity index (χ4n) is 2.80. The highest BCUT2D eigenvalue weighted by molar-refractivity contribution is 5.89. The van der Waals surface area contributed by atoms with Gasteiger partial charge in [0.15, 0.2) is 0 Å². The number of nitrogens with one attached hydrogen (secondary N) is 1. The van der Waals surface area contributed by atoms with Crippen molar-refractivity contribution in [3.05, 3.63) is 53.5 Å². The van der Waals surface area contributed by atoms with Crippen LogP contribution in [0.25, 0.3) is 10.9 Å². The Balaban J connectivity index is 1.80. The summed E-state index contributed by atoms with van der Waals surface area (Å²) >= 11 is 0. The second-order valence-electron chi connectivity index (χ2n) is 5.80. The van der Waals surface area contributed by atoms with E-state index in [-0.39, 0.29) is 18.1 Å². The molecular weight excluding hydrogens is 295 g/mol. The lowest BCUT2D eigenvalue weighted by Crippen LogP contribution is -2.28. The predicted octanol–water partition coefficient (Wildman–Crippen LogP) is 2.55. The molecule has 2 aromatic heterocycles. The van der Waals surface area contributed by atoms with Gasteiger partial charge in [-0.3, -0.25) is 4.79 Å². The molecule has 0 fully saturated rings. The van der Waals surface area contributed by atoms with Crippen molar-refractivity contribution in [2.75, 3.05) is 7.05 Å². The number of aromatic nitrogens is 3. The molecule has 6 heteroatoms. The van der Waals surface area contributed by atoms with Gasteiger partial charge in [0, 0.05) is 31.4 Å². The quantitative estimate of drug-likeness (QED) is 0.804. The van der Waals surface area contributed by atoms with E-state index in [1.807, 2.05) is 19.2 Å². The molecule has 5 nitrogen and oxygen atoms in total. The topological polar surface area (TPSA) is 53.9 Å². The average molecular weight is 314 g/mol. The van der Waals surface area contributed by atoms with E-state index in [4.69, 9.17) is 0 Å². The molecule has 120 valence electrons. The van der Waals surface area contributed by atoms with Crippen LogP contribution in [0.1, 0.15) is 17.0 Å². The zero-order chi connectivity index (χ0) is 16.6. The summed E-state index contributed by atoms with van der Waals surface area (Å²) in [5.74, 6) is -0.298. The third-order valence-corrected chi connectivity index (χ3v) is 4.12. The molecule has 1 N–H and O–H groups in total. The molecular formula is C17H19FN4O. The highest BCUT2D eigenvalue weighted by Gasteiger charge is 2.17. The number of likely N-dealkylation sites (N-methyl/N-ethyl adjacent to an activating group) is 1. The Labute approximate surface area is 133 Å². The van der Waals surface area contributed by atoms with E-state index in [1.54, 1.807) is 36.0 Å². The predicted molar refractivity (Wildman–Crippen MR) is 86.4 cm³/mol. The second kappa shape index (κ2) is 5.87. The third-order valence-electron chi connectivity index (χ3n) is 4.12. The number of nitrogens with zero attached hydrogens (tertiary/aromatic N) is 3. The van der Waals surface area contributed by atoms with Crippen molar-refractivity contribution in [1.29, 1.82) is 0 Å². The van der Waals surface area contributed by atoms with Gasteiger partial charge in [0.2, 0.25) is 5.91 Å². The first kappa shape index (κ1) is 15.3. The van der Waals surface area contributed by atoms with Crippen molar-refractivity contribution in [3.63, 3.8) is 0 Å². The number of halogens is 1. The van der Waals surface area contributed by atoms with Crippen molar-refractivity contribution in [3.8, 4) is 0 Å². The van der Waals surface area contributed by atoms with Crippen LogP contribution in [0.3, 0.4) is 0 Å². The summed E-state index contributed by atoms with van der Waals surface area (Å²) in [5, 5.41) is 0.783. The summed E-state index contributed by atoms with van der Waals surface area (Å²) in [6.45, 7) is 2.38. The minimum Gasteiger partial charge on any atom is -0.348 e. The number of para-hydroxylation sites is 1. The van der Waals surface area contributed by atoms with Crippen molar-refractivity contribution in [2.45, 2.75) is 19.9 Å². The summed E-state index contributed by atoms with van der Waals surface area (Å²) < 4.78 is 15.7. The molecule has 0 aliphatic carbocycles. The van der Waals surface area contributed by atoms with E-state index in [0.29, 0.717) is 12.1 Å². The minimum absolute atomic E-state index is 0.0239. The summed E-state index contributed by atoms with van der Waals surface area (Å²) in [4.78, 5) is 21.3. The molecule has 3 rings (SSSR count). The normalized spacial score (nSPS) is 11.1. The molecule has 0 aliphatic heterocycles. The molecule has 0 radical (unpaired) electrons. The number of aromatic amines is 1. The average Bonchev–Trinajstić information content (AvgIpc) is 3.04. The SMILES string of the molecule is Cc1[nH]cnc1CN(C)C(=O)Cc1cn(C)c2c(F)cccc12. The Hall–Kier alpha value is -2.63. The molecule has 0 saturated heterocycles. The maximum atomic E-state index is 13.9. The lowest BCUT2D eigenvalue weighted by atomic mass is 10.1. The van der Waals surface area contributed by atoms with E-state index >= 15 is 0 Å². The van der Waals surface area contributed by atoms with Gasteiger partial charge in [-0.15, -0.1) is 0 Å². The Bertz CT molecular complexity index is 865. The first-order valence-corrected chi connectivity index (χ1v) is 7.42. The van der Waals surface area contributed by atoms with Crippen LogP contribution in [-0.2, 0) is 24.8 Å². The Kier molecular flexibility index (Phi) is 3.90. The molecule has 0 unspecified atom stereocenters. The second-order valence-corrected chi connectivity index (χ2v) is 5.80. The summed E-state index contributed by atoms with van der Waals surface area (Å²) in [6, 6.07) is 4.95. The zero-order valence-corrected chi connectivity index (χ0v) is 13.4. The monoisotopic (exact) mass is 314 g/mol. The molecule has 0 spiro atoms. The first-order chi connectivity index (χ1) is 11.0. The third kappa shape index (κ3) is 2.84. The number of hydrogen-bond acceptors (Lipinski definition) is 2. The fraction of sp³-hybridized carbons (Fsp3) is 0.294. The van der Waals surface area contributed by atoms with Gasteiger partial charge in [-0.05, 0) is 18.6 Å². The van der Waals surface area contributed by atoms with Crippen LogP contribution in [-0.4, -0.2) is 32.4 Å². The van der Waals surface area contributed by atoms with Gasteiger partial charge in [0.05, 0.1) is 30.5 Å². The van der Waals surface area contributed by atoms with Crippen molar-refractivity contribution >= 4 is 16.8 Å². The van der Waals surface area contributed by atoms with Gasteiger partial charge in [0.25, 0.3) is 0 Å². The maximum absolute atomic E-state index is 13.9. The van der Waals surface area contributed by atoms with E-state index in [2.05, 4.69) is 9.97 Å². The number of benzene rings is 1. The first-order valence-electron chi connectivity index (χ1n) is 7.42. The van der Waals surface area contributed by atoms with Crippen LogP contribution in [0.4, 0.5) is 4.39 Å². The van der Waals surface area contributed by atoms with Gasteiger partial charge in [-0.25, -0.2) is 9.37 Å². The molecule has 0 atom stereocenters. The van der Waals surface area contributed by atoms with Crippen LogP contribution in [0, 0.1) is 12.7 Å². The molecule has 23 heavy (non-hydrogen) atoms. The van der Waals surface area contributed by atoms with Gasteiger partial charge in [0.1, 0.15) is 5.82 Å². The van der Waals surface area contributed by atoms with Crippen LogP contribution >= 0.6 is 0 Å². The lowest BCUT2D eigenvalue weighted by molar-refractivity contribution is -0.129. The Morgan fingerprint density at radius 2 is 2.22 bits per heavy atom. The Morgan fingerprint density at radius 1 is 1.43 bits per heavy atom. The molecule has 2 heterocycles. The standard InChI is InChI=1S/C17H19FN4O/c1-11-15(20-10-19-11)9-21(2)16(23)7-12-8-22(3)17-13(12)5-4-6-14(17)18/h4-6,8,10H,7,9H2,1-3H3,(H,19,20). The van der Waals surface area contributed by atoms with Crippen molar-refractivity contribution in [1.82, 2.24) is 19.4 Å². The van der Waals surface area contributed by atoms with Gasteiger partial charge in [-0.2, -0.15) is 0 Å². The molecule has 1 amide bonds. The van der Waals surface area contributed by atoms with E-state index < -0.39 is 0 Å². The largest absolute Gasteiger partial charge is 0.348 e. The smallest absolute Gasteiger partial charge is 0.227 e. The zero-order valence-electron chi connectivity index (χ0n) is 13.4. The van der Waals surface area contributed by atoms with Gasteiger partial charge in [-0.1, -0.05) is 12.1 Å². The number of hydrogen-bond donors (Lipinski definition) is 1. The highest BCUT2D eigenvalue weighted by atomic mass is 19.1. The number of rotatable bonds is 4. The molecule has 0 saturated carbocycles. The van der Waals surface area contributed by atoms with Crippen LogP contribution in [0.15, 0.2) is 30.7 Å². The molecule has 0 aliphatic rings. The van der Waals surface area contributed by atoms with Crippen molar-refractivity contribution in [2.24, 2.45) is 7.05 Å².